The maximum atomic E-state index is 12.1. The van der Waals surface area contributed by atoms with E-state index in [1.165, 1.54) is 0 Å². The summed E-state index contributed by atoms with van der Waals surface area (Å²) in [4.78, 5) is 24.2. The number of sulfone groups is 1. The molecule has 2 unspecified atom stereocenters. The molecule has 8 heteroatoms. The molecule has 7 nitrogen and oxygen atoms in total. The summed E-state index contributed by atoms with van der Waals surface area (Å²) in [5, 5.41) is 8.27. The molecular formula is C17H25N3O4S. The van der Waals surface area contributed by atoms with Gasteiger partial charge < -0.3 is 16.0 Å². The molecule has 3 amide bonds. The summed E-state index contributed by atoms with van der Waals surface area (Å²) in [7, 11) is -3.04. The maximum Gasteiger partial charge on any atom is 0.319 e. The van der Waals surface area contributed by atoms with Crippen molar-refractivity contribution in [1.82, 2.24) is 10.6 Å². The fourth-order valence-electron chi connectivity index (χ4n) is 2.61. The van der Waals surface area contributed by atoms with Gasteiger partial charge in [0.25, 0.3) is 5.91 Å². The molecule has 0 saturated carbocycles. The van der Waals surface area contributed by atoms with Crippen molar-refractivity contribution in [3.05, 3.63) is 29.3 Å². The lowest BCUT2D eigenvalue weighted by Crippen LogP contribution is -2.38. The Bertz CT molecular complexity index is 761. The Morgan fingerprint density at radius 3 is 2.60 bits per heavy atom. The van der Waals surface area contributed by atoms with E-state index < -0.39 is 15.9 Å². The lowest BCUT2D eigenvalue weighted by atomic mass is 10.1. The first-order chi connectivity index (χ1) is 11.7. The van der Waals surface area contributed by atoms with Crippen molar-refractivity contribution in [1.29, 1.82) is 0 Å². The summed E-state index contributed by atoms with van der Waals surface area (Å²) in [5.74, 6) is -0.0601. The van der Waals surface area contributed by atoms with Crippen LogP contribution in [0, 0.1) is 6.92 Å². The van der Waals surface area contributed by atoms with E-state index in [1.54, 1.807) is 25.1 Å². The lowest BCUT2D eigenvalue weighted by Gasteiger charge is -2.15. The third-order valence-corrected chi connectivity index (χ3v) is 6.06. The highest BCUT2D eigenvalue weighted by Gasteiger charge is 2.28. The number of hydrogen-bond acceptors (Lipinski definition) is 4. The normalized spacial score (nSPS) is 19.9. The largest absolute Gasteiger partial charge is 0.350 e. The number of amides is 3. The standard InChI is InChI=1S/C17H25N3O4S/c1-4-12(3)18-16(21)13-5-6-15(11(2)9-13)20-17(22)19-14-7-8-25(23,24)10-14/h5-6,9,12,14H,4,7-8,10H2,1-3H3,(H,18,21)(H2,19,20,22). The molecule has 0 bridgehead atoms. The number of carbonyl (C=O) groups excluding carboxylic acids is 2. The van der Waals surface area contributed by atoms with Gasteiger partial charge in [-0.25, -0.2) is 13.2 Å². The van der Waals surface area contributed by atoms with Crippen molar-refractivity contribution in [3.63, 3.8) is 0 Å². The zero-order valence-corrected chi connectivity index (χ0v) is 15.6. The van der Waals surface area contributed by atoms with Crippen LogP contribution in [-0.4, -0.2) is 43.9 Å². The molecule has 1 aliphatic heterocycles. The van der Waals surface area contributed by atoms with E-state index >= 15 is 0 Å². The van der Waals surface area contributed by atoms with Crippen molar-refractivity contribution < 1.29 is 18.0 Å². The van der Waals surface area contributed by atoms with Crippen LogP contribution in [0.1, 0.15) is 42.6 Å². The smallest absolute Gasteiger partial charge is 0.319 e. The summed E-state index contributed by atoms with van der Waals surface area (Å²) in [6.07, 6.45) is 1.28. The van der Waals surface area contributed by atoms with Crippen LogP contribution in [0.3, 0.4) is 0 Å². The molecule has 1 heterocycles. The molecule has 138 valence electrons. The second-order valence-electron chi connectivity index (χ2n) is 6.51. The fraction of sp³-hybridized carbons (Fsp3) is 0.529. The van der Waals surface area contributed by atoms with E-state index in [-0.39, 0.29) is 29.5 Å². The van der Waals surface area contributed by atoms with E-state index in [9.17, 15) is 18.0 Å². The van der Waals surface area contributed by atoms with Crippen LogP contribution in [0.4, 0.5) is 10.5 Å². The van der Waals surface area contributed by atoms with Crippen LogP contribution in [0.15, 0.2) is 18.2 Å². The van der Waals surface area contributed by atoms with Gasteiger partial charge in [-0.2, -0.15) is 0 Å². The Balaban J connectivity index is 1.96. The topological polar surface area (TPSA) is 104 Å². The van der Waals surface area contributed by atoms with Crippen LogP contribution in [0.25, 0.3) is 0 Å². The second-order valence-corrected chi connectivity index (χ2v) is 8.74. The summed E-state index contributed by atoms with van der Waals surface area (Å²) < 4.78 is 22.8. The first kappa shape index (κ1) is 19.2. The minimum Gasteiger partial charge on any atom is -0.350 e. The number of rotatable bonds is 5. The number of anilines is 1. The SMILES string of the molecule is CCC(C)NC(=O)c1ccc(NC(=O)NC2CCS(=O)(=O)C2)c(C)c1. The van der Waals surface area contributed by atoms with Gasteiger partial charge in [-0.3, -0.25) is 4.79 Å². The van der Waals surface area contributed by atoms with Gasteiger partial charge in [0, 0.05) is 23.3 Å². The first-order valence-electron chi connectivity index (χ1n) is 8.39. The van der Waals surface area contributed by atoms with Gasteiger partial charge in [0.05, 0.1) is 11.5 Å². The minimum absolute atomic E-state index is 0.0197. The molecule has 2 atom stereocenters. The predicted molar refractivity (Wildman–Crippen MR) is 97.6 cm³/mol. The van der Waals surface area contributed by atoms with Crippen molar-refractivity contribution >= 4 is 27.5 Å². The fourth-order valence-corrected chi connectivity index (χ4v) is 4.28. The van der Waals surface area contributed by atoms with Gasteiger partial charge in [0.2, 0.25) is 0 Å². The molecule has 1 aromatic carbocycles. The summed E-state index contributed by atoms with van der Waals surface area (Å²) in [5.41, 5.74) is 1.87. The Morgan fingerprint density at radius 1 is 1.32 bits per heavy atom. The van der Waals surface area contributed by atoms with E-state index in [4.69, 9.17) is 0 Å². The van der Waals surface area contributed by atoms with Crippen LogP contribution >= 0.6 is 0 Å². The molecule has 25 heavy (non-hydrogen) atoms. The predicted octanol–water partition coefficient (Wildman–Crippen LogP) is 1.83. The van der Waals surface area contributed by atoms with E-state index in [2.05, 4.69) is 16.0 Å². The highest BCUT2D eigenvalue weighted by molar-refractivity contribution is 7.91. The van der Waals surface area contributed by atoms with Gasteiger partial charge in [0.15, 0.2) is 9.84 Å². The maximum absolute atomic E-state index is 12.1. The average molecular weight is 367 g/mol. The Labute approximate surface area is 148 Å². The van der Waals surface area contributed by atoms with Gasteiger partial charge in [-0.15, -0.1) is 0 Å². The molecule has 2 rings (SSSR count). The quantitative estimate of drug-likeness (QED) is 0.738. The van der Waals surface area contributed by atoms with Crippen LogP contribution in [0.2, 0.25) is 0 Å². The first-order valence-corrected chi connectivity index (χ1v) is 10.2. The van der Waals surface area contributed by atoms with Crippen LogP contribution < -0.4 is 16.0 Å². The lowest BCUT2D eigenvalue weighted by molar-refractivity contribution is 0.0939. The van der Waals surface area contributed by atoms with E-state index in [1.807, 2.05) is 13.8 Å². The molecule has 0 radical (unpaired) electrons. The third kappa shape index (κ3) is 5.45. The molecule has 1 saturated heterocycles. The summed E-state index contributed by atoms with van der Waals surface area (Å²) in [6.45, 7) is 5.74. The van der Waals surface area contributed by atoms with Gasteiger partial charge in [-0.05, 0) is 50.5 Å². The second kappa shape index (κ2) is 7.86. The van der Waals surface area contributed by atoms with Gasteiger partial charge in [-0.1, -0.05) is 6.92 Å². The average Bonchev–Trinajstić information content (AvgIpc) is 2.87. The number of benzene rings is 1. The number of urea groups is 1. The molecule has 1 fully saturated rings. The van der Waals surface area contributed by atoms with Crippen molar-refractivity contribution in [2.45, 2.75) is 45.7 Å². The molecule has 0 aliphatic carbocycles. The zero-order valence-electron chi connectivity index (χ0n) is 14.8. The third-order valence-electron chi connectivity index (χ3n) is 4.29. The van der Waals surface area contributed by atoms with Gasteiger partial charge in [0.1, 0.15) is 0 Å². The van der Waals surface area contributed by atoms with Gasteiger partial charge >= 0.3 is 6.03 Å². The molecule has 1 aliphatic rings. The Kier molecular flexibility index (Phi) is 6.05. The van der Waals surface area contributed by atoms with Crippen LogP contribution in [-0.2, 0) is 9.84 Å². The monoisotopic (exact) mass is 367 g/mol. The highest BCUT2D eigenvalue weighted by Crippen LogP contribution is 2.17. The van der Waals surface area contributed by atoms with Crippen molar-refractivity contribution in [2.24, 2.45) is 0 Å². The molecular weight excluding hydrogens is 342 g/mol. The molecule has 3 N–H and O–H groups in total. The molecule has 0 spiro atoms. The van der Waals surface area contributed by atoms with Crippen molar-refractivity contribution in [3.8, 4) is 0 Å². The number of hydrogen-bond donors (Lipinski definition) is 3. The Morgan fingerprint density at radius 2 is 2.04 bits per heavy atom. The van der Waals surface area contributed by atoms with E-state index in [0.29, 0.717) is 17.7 Å². The number of aryl methyl sites for hydroxylation is 1. The molecule has 0 aromatic heterocycles. The van der Waals surface area contributed by atoms with E-state index in [0.717, 1.165) is 12.0 Å². The summed E-state index contributed by atoms with van der Waals surface area (Å²) in [6, 6.07) is 4.34. The number of nitrogens with one attached hydrogen (secondary N) is 3. The number of carbonyl (C=O) groups is 2. The Hall–Kier alpha value is -2.09. The minimum atomic E-state index is -3.04. The highest BCUT2D eigenvalue weighted by atomic mass is 32.2. The molecule has 1 aromatic rings. The summed E-state index contributed by atoms with van der Waals surface area (Å²) >= 11 is 0. The zero-order chi connectivity index (χ0) is 18.6. The van der Waals surface area contributed by atoms with Crippen molar-refractivity contribution in [2.75, 3.05) is 16.8 Å². The van der Waals surface area contributed by atoms with Crippen LogP contribution in [0.5, 0.6) is 0 Å².